The summed E-state index contributed by atoms with van der Waals surface area (Å²) in [6.45, 7) is 4.09. The summed E-state index contributed by atoms with van der Waals surface area (Å²) in [4.78, 5) is 16.1. The number of pyridine rings is 1. The van der Waals surface area contributed by atoms with Crippen LogP contribution in [0.1, 0.15) is 37.8 Å². The van der Waals surface area contributed by atoms with Crippen LogP contribution in [0.25, 0.3) is 0 Å². The maximum atomic E-state index is 12.0. The lowest BCUT2D eigenvalue weighted by Crippen LogP contribution is -2.21. The van der Waals surface area contributed by atoms with E-state index in [-0.39, 0.29) is 11.8 Å². The average Bonchev–Trinajstić information content (AvgIpc) is 2.51. The van der Waals surface area contributed by atoms with E-state index < -0.39 is 0 Å². The standard InChI is InChI=1S/C18H22N2O/c1-3-16(4-2)18(21)20-17-7-5-14(6-8-17)13-15-9-11-19-12-10-15/h5-12,16H,3-4,13H2,1-2H3,(H,20,21). The highest BCUT2D eigenvalue weighted by Crippen LogP contribution is 2.16. The van der Waals surface area contributed by atoms with E-state index in [0.29, 0.717) is 0 Å². The highest BCUT2D eigenvalue weighted by atomic mass is 16.1. The highest BCUT2D eigenvalue weighted by Gasteiger charge is 2.13. The fourth-order valence-corrected chi connectivity index (χ4v) is 2.35. The molecule has 1 heterocycles. The Balaban J connectivity index is 1.97. The van der Waals surface area contributed by atoms with Crippen LogP contribution >= 0.6 is 0 Å². The fraction of sp³-hybridized carbons (Fsp3) is 0.333. The van der Waals surface area contributed by atoms with E-state index in [9.17, 15) is 4.79 Å². The predicted octanol–water partition coefficient (Wildman–Crippen LogP) is 4.05. The first-order chi connectivity index (χ1) is 10.2. The summed E-state index contributed by atoms with van der Waals surface area (Å²) in [5.74, 6) is 0.211. The Morgan fingerprint density at radius 1 is 1.00 bits per heavy atom. The van der Waals surface area contributed by atoms with Crippen LogP contribution in [0.3, 0.4) is 0 Å². The highest BCUT2D eigenvalue weighted by molar-refractivity contribution is 5.92. The number of carbonyl (C=O) groups excluding carboxylic acids is 1. The number of nitrogens with zero attached hydrogens (tertiary/aromatic N) is 1. The lowest BCUT2D eigenvalue weighted by molar-refractivity contribution is -0.120. The Morgan fingerprint density at radius 3 is 2.14 bits per heavy atom. The summed E-state index contributed by atoms with van der Waals surface area (Å²) in [7, 11) is 0. The minimum Gasteiger partial charge on any atom is -0.326 e. The second-order valence-electron chi connectivity index (χ2n) is 5.23. The molecule has 0 unspecified atom stereocenters. The Kier molecular flexibility index (Phi) is 5.50. The van der Waals surface area contributed by atoms with E-state index in [2.05, 4.69) is 22.4 Å². The van der Waals surface area contributed by atoms with Gasteiger partial charge < -0.3 is 5.32 Å². The van der Waals surface area contributed by atoms with E-state index in [1.807, 2.05) is 38.1 Å². The average molecular weight is 282 g/mol. The zero-order valence-electron chi connectivity index (χ0n) is 12.7. The van der Waals surface area contributed by atoms with Gasteiger partial charge in [0, 0.05) is 24.0 Å². The van der Waals surface area contributed by atoms with Crippen molar-refractivity contribution in [1.29, 1.82) is 0 Å². The van der Waals surface area contributed by atoms with Gasteiger partial charge >= 0.3 is 0 Å². The first-order valence-corrected chi connectivity index (χ1v) is 7.51. The first kappa shape index (κ1) is 15.2. The molecule has 0 spiro atoms. The number of hydrogen-bond donors (Lipinski definition) is 1. The summed E-state index contributed by atoms with van der Waals surface area (Å²) in [6, 6.07) is 12.1. The van der Waals surface area contributed by atoms with Crippen molar-refractivity contribution in [3.8, 4) is 0 Å². The normalized spacial score (nSPS) is 10.6. The molecule has 0 bridgehead atoms. The smallest absolute Gasteiger partial charge is 0.227 e. The molecule has 110 valence electrons. The van der Waals surface area contributed by atoms with Crippen molar-refractivity contribution in [2.24, 2.45) is 5.92 Å². The van der Waals surface area contributed by atoms with Crippen LogP contribution in [0.15, 0.2) is 48.8 Å². The number of amides is 1. The molecule has 3 nitrogen and oxygen atoms in total. The van der Waals surface area contributed by atoms with Crippen LogP contribution in [0.5, 0.6) is 0 Å². The lowest BCUT2D eigenvalue weighted by atomic mass is 10.0. The van der Waals surface area contributed by atoms with Crippen molar-refractivity contribution in [3.63, 3.8) is 0 Å². The van der Waals surface area contributed by atoms with Crippen molar-refractivity contribution < 1.29 is 4.79 Å². The molecule has 1 aromatic heterocycles. The molecule has 0 aliphatic carbocycles. The molecule has 0 atom stereocenters. The molecule has 0 saturated carbocycles. The zero-order chi connectivity index (χ0) is 15.1. The molecule has 1 N–H and O–H groups in total. The van der Waals surface area contributed by atoms with Crippen LogP contribution in [0.2, 0.25) is 0 Å². The van der Waals surface area contributed by atoms with Gasteiger partial charge in [0.15, 0.2) is 0 Å². The minimum atomic E-state index is 0.0986. The SMILES string of the molecule is CCC(CC)C(=O)Nc1ccc(Cc2ccncc2)cc1. The summed E-state index contributed by atoms with van der Waals surface area (Å²) >= 11 is 0. The van der Waals surface area contributed by atoms with E-state index in [0.717, 1.165) is 24.9 Å². The Hall–Kier alpha value is -2.16. The van der Waals surface area contributed by atoms with Crippen LogP contribution in [-0.4, -0.2) is 10.9 Å². The van der Waals surface area contributed by atoms with Crippen molar-refractivity contribution in [3.05, 3.63) is 59.9 Å². The Labute approximate surface area is 126 Å². The molecule has 0 radical (unpaired) electrons. The van der Waals surface area contributed by atoms with Gasteiger partial charge in [-0.2, -0.15) is 0 Å². The van der Waals surface area contributed by atoms with Gasteiger partial charge in [0.05, 0.1) is 0 Å². The van der Waals surface area contributed by atoms with Crippen molar-refractivity contribution >= 4 is 11.6 Å². The molecule has 0 aliphatic rings. The molecular weight excluding hydrogens is 260 g/mol. The maximum absolute atomic E-state index is 12.0. The summed E-state index contributed by atoms with van der Waals surface area (Å²) in [5.41, 5.74) is 3.32. The van der Waals surface area contributed by atoms with Gasteiger partial charge in [-0.15, -0.1) is 0 Å². The van der Waals surface area contributed by atoms with Gasteiger partial charge in [-0.3, -0.25) is 9.78 Å². The van der Waals surface area contributed by atoms with Gasteiger partial charge in [0.1, 0.15) is 0 Å². The van der Waals surface area contributed by atoms with E-state index >= 15 is 0 Å². The van der Waals surface area contributed by atoms with Crippen molar-refractivity contribution in [2.75, 3.05) is 5.32 Å². The molecule has 0 aliphatic heterocycles. The Bertz CT molecular complexity index is 560. The third kappa shape index (κ3) is 4.42. The Morgan fingerprint density at radius 2 is 1.57 bits per heavy atom. The van der Waals surface area contributed by atoms with E-state index in [4.69, 9.17) is 0 Å². The third-order valence-corrected chi connectivity index (χ3v) is 3.74. The van der Waals surface area contributed by atoms with Crippen molar-refractivity contribution in [2.45, 2.75) is 33.1 Å². The van der Waals surface area contributed by atoms with Gasteiger partial charge in [0.25, 0.3) is 0 Å². The largest absolute Gasteiger partial charge is 0.326 e. The topological polar surface area (TPSA) is 42.0 Å². The van der Waals surface area contributed by atoms with Crippen LogP contribution in [-0.2, 0) is 11.2 Å². The number of hydrogen-bond acceptors (Lipinski definition) is 2. The number of carbonyl (C=O) groups is 1. The molecule has 2 rings (SSSR count). The molecule has 2 aromatic rings. The number of nitrogens with one attached hydrogen (secondary N) is 1. The molecule has 1 amide bonds. The monoisotopic (exact) mass is 282 g/mol. The van der Waals surface area contributed by atoms with Crippen LogP contribution < -0.4 is 5.32 Å². The summed E-state index contributed by atoms with van der Waals surface area (Å²) < 4.78 is 0. The number of anilines is 1. The van der Waals surface area contributed by atoms with E-state index in [1.54, 1.807) is 12.4 Å². The third-order valence-electron chi connectivity index (χ3n) is 3.74. The second kappa shape index (κ2) is 7.58. The number of benzene rings is 1. The molecule has 21 heavy (non-hydrogen) atoms. The van der Waals surface area contributed by atoms with Gasteiger partial charge in [-0.25, -0.2) is 0 Å². The van der Waals surface area contributed by atoms with Crippen LogP contribution in [0.4, 0.5) is 5.69 Å². The number of aromatic nitrogens is 1. The lowest BCUT2D eigenvalue weighted by Gasteiger charge is -2.13. The van der Waals surface area contributed by atoms with Gasteiger partial charge in [0.2, 0.25) is 5.91 Å². The maximum Gasteiger partial charge on any atom is 0.227 e. The molecular formula is C18H22N2O. The zero-order valence-corrected chi connectivity index (χ0v) is 12.7. The summed E-state index contributed by atoms with van der Waals surface area (Å²) in [5, 5.41) is 2.99. The van der Waals surface area contributed by atoms with E-state index in [1.165, 1.54) is 11.1 Å². The molecule has 0 fully saturated rings. The second-order valence-corrected chi connectivity index (χ2v) is 5.23. The van der Waals surface area contributed by atoms with Gasteiger partial charge in [-0.05, 0) is 54.7 Å². The van der Waals surface area contributed by atoms with Crippen molar-refractivity contribution in [1.82, 2.24) is 4.98 Å². The number of rotatable bonds is 6. The molecule has 1 aromatic carbocycles. The molecule has 3 heteroatoms. The quantitative estimate of drug-likeness (QED) is 0.868. The van der Waals surface area contributed by atoms with Crippen LogP contribution in [0, 0.1) is 5.92 Å². The summed E-state index contributed by atoms with van der Waals surface area (Å²) in [6.07, 6.45) is 6.24. The molecule has 0 saturated heterocycles. The minimum absolute atomic E-state index is 0.0986. The van der Waals surface area contributed by atoms with Gasteiger partial charge in [-0.1, -0.05) is 26.0 Å². The predicted molar refractivity (Wildman–Crippen MR) is 86.2 cm³/mol. The fourth-order valence-electron chi connectivity index (χ4n) is 2.35. The first-order valence-electron chi connectivity index (χ1n) is 7.51.